The number of β-amino-alcohol motifs (C(OH)–C–C–N with tert-alkyl or cyclic N) is 1. The van der Waals surface area contributed by atoms with E-state index in [-0.39, 0.29) is 12.5 Å². The van der Waals surface area contributed by atoms with E-state index in [1.165, 1.54) is 0 Å². The molecule has 8 nitrogen and oxygen atoms in total. The van der Waals surface area contributed by atoms with Crippen LogP contribution in [0.25, 0.3) is 33.7 Å². The Labute approximate surface area is 202 Å². The lowest BCUT2D eigenvalue weighted by atomic mass is 9.92. The molecule has 3 aromatic heterocycles. The highest BCUT2D eigenvalue weighted by Crippen LogP contribution is 2.28. The molecule has 1 aliphatic heterocycles. The number of nitrogens with one attached hydrogen (secondary N) is 2. The van der Waals surface area contributed by atoms with Crippen molar-refractivity contribution in [2.45, 2.75) is 25.4 Å². The fourth-order valence-corrected chi connectivity index (χ4v) is 4.45. The molecule has 5 rings (SSSR count). The zero-order valence-electron chi connectivity index (χ0n) is 18.8. The lowest BCUT2D eigenvalue weighted by molar-refractivity contribution is -0.140. The van der Waals surface area contributed by atoms with Gasteiger partial charge in [0.05, 0.1) is 23.3 Å². The number of aliphatic hydroxyl groups is 1. The third-order valence-corrected chi connectivity index (χ3v) is 6.32. The molecule has 3 N–H and O–H groups in total. The van der Waals surface area contributed by atoms with Crippen LogP contribution in [0.5, 0.6) is 0 Å². The number of likely N-dealkylation sites (N-methyl/N-ethyl adjacent to an activating group) is 1. The van der Waals surface area contributed by atoms with Gasteiger partial charge in [0.25, 0.3) is 5.91 Å². The molecule has 0 bridgehead atoms. The zero-order valence-corrected chi connectivity index (χ0v) is 19.5. The number of piperidine rings is 1. The Kier molecular flexibility index (Phi) is 5.93. The zero-order chi connectivity index (χ0) is 23.7. The van der Waals surface area contributed by atoms with Gasteiger partial charge in [0.2, 0.25) is 0 Å². The minimum absolute atomic E-state index is 0.223. The molecule has 34 heavy (non-hydrogen) atoms. The van der Waals surface area contributed by atoms with E-state index in [2.05, 4.69) is 25.3 Å². The fraction of sp³-hybridized carbons (Fsp3) is 0.280. The van der Waals surface area contributed by atoms with E-state index in [0.717, 1.165) is 46.0 Å². The van der Waals surface area contributed by atoms with E-state index in [1.807, 2.05) is 54.3 Å². The first-order valence-electron chi connectivity index (χ1n) is 11.3. The average Bonchev–Trinajstić information content (AvgIpc) is 3.28. The topological polar surface area (TPSA) is 107 Å². The number of pyridine rings is 2. The number of fused-ring (bicyclic) bond motifs is 1. The molecule has 1 fully saturated rings. The summed E-state index contributed by atoms with van der Waals surface area (Å²) in [5.74, 6) is 1.13. The van der Waals surface area contributed by atoms with Gasteiger partial charge in [-0.1, -0.05) is 11.6 Å². The third-order valence-electron chi connectivity index (χ3n) is 6.08. The van der Waals surface area contributed by atoms with Gasteiger partial charge in [-0.2, -0.15) is 0 Å². The second-order valence-corrected chi connectivity index (χ2v) is 8.94. The molecule has 1 amide bonds. The Balaban J connectivity index is 1.32. The molecular weight excluding hydrogens is 452 g/mol. The highest BCUT2D eigenvalue weighted by atomic mass is 35.5. The highest BCUT2D eigenvalue weighted by Gasteiger charge is 2.40. The molecule has 1 saturated heterocycles. The van der Waals surface area contributed by atoms with Gasteiger partial charge in [-0.15, -0.1) is 0 Å². The predicted octanol–water partition coefficient (Wildman–Crippen LogP) is 3.81. The molecule has 0 saturated carbocycles. The maximum Gasteiger partial charge on any atom is 0.253 e. The number of aromatic nitrogens is 4. The van der Waals surface area contributed by atoms with Crippen LogP contribution in [0.4, 0.5) is 5.82 Å². The minimum atomic E-state index is -1.39. The molecule has 0 spiro atoms. The molecule has 1 aliphatic rings. The third kappa shape index (κ3) is 4.34. The Morgan fingerprint density at radius 1 is 1.18 bits per heavy atom. The number of hydrogen-bond acceptors (Lipinski definition) is 6. The molecular formula is C25H25ClN6O2. The minimum Gasteiger partial charge on any atom is -0.378 e. The van der Waals surface area contributed by atoms with Gasteiger partial charge >= 0.3 is 0 Å². The standard InChI is InChI=1S/C25H25ClN6O2/c1-2-27-24(33)25(34)10-3-11-32(15-25)22-9-5-16(13-29-22)19-7-4-17(14-28-19)23-30-20-8-6-18(26)12-21(20)31-23/h4-9,12-14,34H,2-3,10-11,15H2,1H3,(H,27,33)(H,30,31). The van der Waals surface area contributed by atoms with Crippen molar-refractivity contribution >= 4 is 34.4 Å². The van der Waals surface area contributed by atoms with Crippen LogP contribution in [0.3, 0.4) is 0 Å². The summed E-state index contributed by atoms with van der Waals surface area (Å²) in [7, 11) is 0. The number of aromatic amines is 1. The number of imidazole rings is 1. The van der Waals surface area contributed by atoms with Crippen molar-refractivity contribution in [2.75, 3.05) is 24.5 Å². The van der Waals surface area contributed by atoms with Crippen molar-refractivity contribution in [1.29, 1.82) is 0 Å². The molecule has 4 aromatic rings. The van der Waals surface area contributed by atoms with Crippen molar-refractivity contribution in [3.63, 3.8) is 0 Å². The SMILES string of the molecule is CCNC(=O)C1(O)CCCN(c2ccc(-c3ccc(-c4nc5cc(Cl)ccc5[nH]4)cn3)cn2)C1. The summed E-state index contributed by atoms with van der Waals surface area (Å²) in [4.78, 5) is 31.3. The number of benzene rings is 1. The first kappa shape index (κ1) is 22.3. The lowest BCUT2D eigenvalue weighted by Gasteiger charge is -2.38. The monoisotopic (exact) mass is 476 g/mol. The molecule has 1 aromatic carbocycles. The van der Waals surface area contributed by atoms with Crippen molar-refractivity contribution in [3.8, 4) is 22.6 Å². The number of H-pyrrole nitrogens is 1. The van der Waals surface area contributed by atoms with E-state index >= 15 is 0 Å². The molecule has 1 unspecified atom stereocenters. The van der Waals surface area contributed by atoms with Gasteiger partial charge in [-0.05, 0) is 62.2 Å². The summed E-state index contributed by atoms with van der Waals surface area (Å²) in [6, 6.07) is 13.3. The summed E-state index contributed by atoms with van der Waals surface area (Å²) < 4.78 is 0. The number of carbonyl (C=O) groups is 1. The average molecular weight is 477 g/mol. The van der Waals surface area contributed by atoms with Crippen LogP contribution in [-0.4, -0.2) is 56.2 Å². The van der Waals surface area contributed by atoms with Crippen LogP contribution in [0.2, 0.25) is 5.02 Å². The maximum absolute atomic E-state index is 12.3. The number of rotatable bonds is 5. The van der Waals surface area contributed by atoms with Crippen molar-refractivity contribution < 1.29 is 9.90 Å². The smallest absolute Gasteiger partial charge is 0.253 e. The van der Waals surface area contributed by atoms with E-state index in [4.69, 9.17) is 11.6 Å². The van der Waals surface area contributed by atoms with E-state index < -0.39 is 5.60 Å². The fourth-order valence-electron chi connectivity index (χ4n) is 4.29. The second-order valence-electron chi connectivity index (χ2n) is 8.50. The number of amides is 1. The second kappa shape index (κ2) is 9.04. The molecule has 4 heterocycles. The van der Waals surface area contributed by atoms with E-state index in [0.29, 0.717) is 24.4 Å². The van der Waals surface area contributed by atoms with Gasteiger partial charge in [-0.3, -0.25) is 9.78 Å². The quantitative estimate of drug-likeness (QED) is 0.404. The highest BCUT2D eigenvalue weighted by molar-refractivity contribution is 6.31. The Morgan fingerprint density at radius 2 is 2.00 bits per heavy atom. The number of halogens is 1. The van der Waals surface area contributed by atoms with Crippen LogP contribution in [0, 0.1) is 0 Å². The molecule has 174 valence electrons. The van der Waals surface area contributed by atoms with Gasteiger partial charge in [0, 0.05) is 41.6 Å². The number of anilines is 1. The molecule has 9 heteroatoms. The van der Waals surface area contributed by atoms with Gasteiger partial charge < -0.3 is 20.3 Å². The lowest BCUT2D eigenvalue weighted by Crippen LogP contribution is -2.57. The summed E-state index contributed by atoms with van der Waals surface area (Å²) >= 11 is 6.06. The normalized spacial score (nSPS) is 18.3. The number of hydrogen-bond donors (Lipinski definition) is 3. The number of nitrogens with zero attached hydrogens (tertiary/aromatic N) is 4. The Hall–Kier alpha value is -3.49. The van der Waals surface area contributed by atoms with Gasteiger partial charge in [0.15, 0.2) is 5.60 Å². The first-order chi connectivity index (χ1) is 16.4. The summed E-state index contributed by atoms with van der Waals surface area (Å²) in [5, 5.41) is 14.2. The maximum atomic E-state index is 12.3. The van der Waals surface area contributed by atoms with Crippen LogP contribution in [0.1, 0.15) is 19.8 Å². The molecule has 0 radical (unpaired) electrons. The van der Waals surface area contributed by atoms with Crippen molar-refractivity contribution in [3.05, 3.63) is 59.9 Å². The Morgan fingerprint density at radius 3 is 2.74 bits per heavy atom. The largest absolute Gasteiger partial charge is 0.378 e. The van der Waals surface area contributed by atoms with Crippen LogP contribution in [0.15, 0.2) is 54.9 Å². The van der Waals surface area contributed by atoms with E-state index in [1.54, 1.807) is 12.4 Å². The van der Waals surface area contributed by atoms with E-state index in [9.17, 15) is 9.90 Å². The van der Waals surface area contributed by atoms with Crippen LogP contribution in [-0.2, 0) is 4.79 Å². The summed E-state index contributed by atoms with van der Waals surface area (Å²) in [6.45, 7) is 3.30. The summed E-state index contributed by atoms with van der Waals surface area (Å²) in [6.07, 6.45) is 4.70. The first-order valence-corrected chi connectivity index (χ1v) is 11.7. The number of carbonyl (C=O) groups excluding carboxylic acids is 1. The van der Waals surface area contributed by atoms with Gasteiger partial charge in [-0.25, -0.2) is 9.97 Å². The predicted molar refractivity (Wildman–Crippen MR) is 133 cm³/mol. The molecule has 1 atom stereocenters. The van der Waals surface area contributed by atoms with Crippen LogP contribution >= 0.6 is 11.6 Å². The van der Waals surface area contributed by atoms with Gasteiger partial charge in [0.1, 0.15) is 11.6 Å². The van der Waals surface area contributed by atoms with Crippen molar-refractivity contribution in [1.82, 2.24) is 25.3 Å². The molecule has 0 aliphatic carbocycles. The van der Waals surface area contributed by atoms with Crippen LogP contribution < -0.4 is 10.2 Å². The summed E-state index contributed by atoms with van der Waals surface area (Å²) in [5.41, 5.74) is 2.87. The van der Waals surface area contributed by atoms with Crippen molar-refractivity contribution in [2.24, 2.45) is 0 Å². The Bertz CT molecular complexity index is 1320.